The summed E-state index contributed by atoms with van der Waals surface area (Å²) in [6, 6.07) is 3.57. The Labute approximate surface area is 107 Å². The number of rotatable bonds is 4. The molecule has 0 bridgehead atoms. The number of H-pyrrole nitrogens is 1. The van der Waals surface area contributed by atoms with Crippen LogP contribution in [0, 0.1) is 0 Å². The largest absolute Gasteiger partial charge is 0.338 e. The number of aromatic amines is 1. The lowest BCUT2D eigenvalue weighted by molar-refractivity contribution is 0.252. The molecule has 2 aromatic heterocycles. The molecule has 0 fully saturated rings. The van der Waals surface area contributed by atoms with Crippen molar-refractivity contribution in [2.24, 2.45) is 0 Å². The molecule has 0 spiro atoms. The number of carbonyl (C=O) groups is 1. The van der Waals surface area contributed by atoms with E-state index in [9.17, 15) is 4.79 Å². The summed E-state index contributed by atoms with van der Waals surface area (Å²) in [4.78, 5) is 12.6. The molecule has 5 nitrogen and oxygen atoms in total. The molecule has 90 valence electrons. The van der Waals surface area contributed by atoms with Gasteiger partial charge in [0.1, 0.15) is 0 Å². The van der Waals surface area contributed by atoms with Crippen molar-refractivity contribution >= 4 is 34.7 Å². The maximum absolute atomic E-state index is 11.4. The number of nitrogens with one attached hydrogen (secondary N) is 3. The maximum Gasteiger partial charge on any atom is 0.319 e. The molecular formula is C10H11ClN4OS. The van der Waals surface area contributed by atoms with Crippen molar-refractivity contribution in [2.45, 2.75) is 6.42 Å². The van der Waals surface area contributed by atoms with Crippen LogP contribution in [0.25, 0.3) is 0 Å². The van der Waals surface area contributed by atoms with E-state index in [-0.39, 0.29) is 6.03 Å². The van der Waals surface area contributed by atoms with Crippen molar-refractivity contribution in [1.29, 1.82) is 0 Å². The van der Waals surface area contributed by atoms with Crippen molar-refractivity contribution in [2.75, 3.05) is 11.9 Å². The zero-order valence-corrected chi connectivity index (χ0v) is 10.4. The van der Waals surface area contributed by atoms with E-state index in [4.69, 9.17) is 11.6 Å². The first-order valence-corrected chi connectivity index (χ1v) is 6.21. The molecular weight excluding hydrogens is 260 g/mol. The maximum atomic E-state index is 11.4. The Kier molecular flexibility index (Phi) is 4.00. The Bertz CT molecular complexity index is 482. The summed E-state index contributed by atoms with van der Waals surface area (Å²) < 4.78 is 0.767. The molecule has 0 aromatic carbocycles. The van der Waals surface area contributed by atoms with E-state index in [1.165, 1.54) is 11.3 Å². The van der Waals surface area contributed by atoms with E-state index < -0.39 is 0 Å². The van der Waals surface area contributed by atoms with Gasteiger partial charge in [-0.3, -0.25) is 5.10 Å². The minimum absolute atomic E-state index is 0.242. The van der Waals surface area contributed by atoms with Gasteiger partial charge in [-0.1, -0.05) is 11.6 Å². The van der Waals surface area contributed by atoms with Gasteiger partial charge in [0, 0.05) is 17.6 Å². The summed E-state index contributed by atoms with van der Waals surface area (Å²) in [6.07, 6.45) is 3.92. The van der Waals surface area contributed by atoms with Crippen molar-refractivity contribution in [3.05, 3.63) is 33.7 Å². The number of aromatic nitrogens is 2. The standard InChI is InChI=1S/C10H11ClN4OS/c11-9-2-1-8(17-9)3-4-12-10(16)15-7-5-13-14-6-7/h1-2,5-6H,3-4H2,(H,13,14)(H2,12,15,16). The highest BCUT2D eigenvalue weighted by atomic mass is 35.5. The molecule has 2 aromatic rings. The van der Waals surface area contributed by atoms with Crippen LogP contribution in [0.15, 0.2) is 24.5 Å². The number of carbonyl (C=O) groups excluding carboxylic acids is 1. The van der Waals surface area contributed by atoms with Gasteiger partial charge in [-0.15, -0.1) is 11.3 Å². The Balaban J connectivity index is 1.70. The zero-order chi connectivity index (χ0) is 12.1. The van der Waals surface area contributed by atoms with E-state index in [1.807, 2.05) is 12.1 Å². The van der Waals surface area contributed by atoms with Crippen LogP contribution < -0.4 is 10.6 Å². The second-order valence-electron chi connectivity index (χ2n) is 3.32. The number of halogens is 1. The number of urea groups is 1. The van der Waals surface area contributed by atoms with E-state index in [0.29, 0.717) is 12.2 Å². The minimum Gasteiger partial charge on any atom is -0.338 e. The number of hydrogen-bond acceptors (Lipinski definition) is 3. The van der Waals surface area contributed by atoms with Gasteiger partial charge in [-0.2, -0.15) is 5.10 Å². The molecule has 0 unspecified atom stereocenters. The fourth-order valence-electron chi connectivity index (χ4n) is 1.28. The molecule has 2 heterocycles. The SMILES string of the molecule is O=C(NCCc1ccc(Cl)s1)Nc1cn[nH]c1. The zero-order valence-electron chi connectivity index (χ0n) is 8.87. The predicted octanol–water partition coefficient (Wildman–Crippen LogP) is 2.49. The highest BCUT2D eigenvalue weighted by molar-refractivity contribution is 7.16. The first kappa shape index (κ1) is 11.9. The average molecular weight is 271 g/mol. The van der Waals surface area contributed by atoms with E-state index in [2.05, 4.69) is 20.8 Å². The average Bonchev–Trinajstić information content (AvgIpc) is 2.90. The van der Waals surface area contributed by atoms with Gasteiger partial charge in [0.2, 0.25) is 0 Å². The third kappa shape index (κ3) is 3.76. The van der Waals surface area contributed by atoms with Crippen LogP contribution in [0.2, 0.25) is 4.34 Å². The number of anilines is 1. The van der Waals surface area contributed by atoms with Crippen LogP contribution in [0.4, 0.5) is 10.5 Å². The van der Waals surface area contributed by atoms with Crippen molar-refractivity contribution in [3.63, 3.8) is 0 Å². The van der Waals surface area contributed by atoms with Gasteiger partial charge in [0.15, 0.2) is 0 Å². The lowest BCUT2D eigenvalue weighted by atomic mass is 10.3. The highest BCUT2D eigenvalue weighted by Gasteiger charge is 2.02. The van der Waals surface area contributed by atoms with E-state index >= 15 is 0 Å². The van der Waals surface area contributed by atoms with Crippen LogP contribution in [0.3, 0.4) is 0 Å². The Morgan fingerprint density at radius 2 is 2.41 bits per heavy atom. The van der Waals surface area contributed by atoms with Crippen LogP contribution in [-0.4, -0.2) is 22.8 Å². The fraction of sp³-hybridized carbons (Fsp3) is 0.200. The van der Waals surface area contributed by atoms with Crippen molar-refractivity contribution in [3.8, 4) is 0 Å². The van der Waals surface area contributed by atoms with Gasteiger partial charge in [0.05, 0.1) is 16.2 Å². The van der Waals surface area contributed by atoms with Gasteiger partial charge in [-0.25, -0.2) is 4.79 Å². The van der Waals surface area contributed by atoms with Crippen molar-refractivity contribution in [1.82, 2.24) is 15.5 Å². The van der Waals surface area contributed by atoms with E-state index in [1.54, 1.807) is 12.4 Å². The second kappa shape index (κ2) is 5.70. The molecule has 17 heavy (non-hydrogen) atoms. The Morgan fingerprint density at radius 3 is 3.06 bits per heavy atom. The molecule has 3 N–H and O–H groups in total. The molecule has 0 aliphatic carbocycles. The monoisotopic (exact) mass is 270 g/mol. The number of hydrogen-bond donors (Lipinski definition) is 3. The Morgan fingerprint density at radius 1 is 1.53 bits per heavy atom. The summed E-state index contributed by atoms with van der Waals surface area (Å²) in [5.41, 5.74) is 0.640. The predicted molar refractivity (Wildman–Crippen MR) is 68.6 cm³/mol. The molecule has 0 saturated heterocycles. The van der Waals surface area contributed by atoms with Gasteiger partial charge >= 0.3 is 6.03 Å². The topological polar surface area (TPSA) is 69.8 Å². The van der Waals surface area contributed by atoms with Crippen LogP contribution in [0.1, 0.15) is 4.88 Å². The molecule has 7 heteroatoms. The number of nitrogens with zero attached hydrogens (tertiary/aromatic N) is 1. The summed E-state index contributed by atoms with van der Waals surface area (Å²) in [5, 5.41) is 11.7. The van der Waals surface area contributed by atoms with Gasteiger partial charge in [0.25, 0.3) is 0 Å². The summed E-state index contributed by atoms with van der Waals surface area (Å²) >= 11 is 7.33. The van der Waals surface area contributed by atoms with Crippen molar-refractivity contribution < 1.29 is 4.79 Å². The molecule has 0 aliphatic rings. The van der Waals surface area contributed by atoms with Crippen LogP contribution in [0.5, 0.6) is 0 Å². The van der Waals surface area contributed by atoms with E-state index in [0.717, 1.165) is 15.6 Å². The summed E-state index contributed by atoms with van der Waals surface area (Å²) in [7, 11) is 0. The molecule has 2 rings (SSSR count). The first-order valence-electron chi connectivity index (χ1n) is 5.02. The lowest BCUT2D eigenvalue weighted by Gasteiger charge is -2.04. The smallest absolute Gasteiger partial charge is 0.319 e. The molecule has 2 amide bonds. The molecule has 0 atom stereocenters. The highest BCUT2D eigenvalue weighted by Crippen LogP contribution is 2.21. The van der Waals surface area contributed by atoms with Crippen LogP contribution in [-0.2, 0) is 6.42 Å². The van der Waals surface area contributed by atoms with Crippen LogP contribution >= 0.6 is 22.9 Å². The summed E-state index contributed by atoms with van der Waals surface area (Å²) in [5.74, 6) is 0. The second-order valence-corrected chi connectivity index (χ2v) is 5.12. The molecule has 0 saturated carbocycles. The number of amides is 2. The third-order valence-corrected chi connectivity index (χ3v) is 3.33. The Hall–Kier alpha value is -1.53. The third-order valence-electron chi connectivity index (χ3n) is 2.04. The van der Waals surface area contributed by atoms with Gasteiger partial charge < -0.3 is 10.6 Å². The summed E-state index contributed by atoms with van der Waals surface area (Å²) in [6.45, 7) is 0.570. The first-order chi connectivity index (χ1) is 8.24. The molecule has 0 radical (unpaired) electrons. The normalized spacial score (nSPS) is 10.2. The minimum atomic E-state index is -0.242. The molecule has 0 aliphatic heterocycles. The lowest BCUT2D eigenvalue weighted by Crippen LogP contribution is -2.30. The van der Waals surface area contributed by atoms with Gasteiger partial charge in [-0.05, 0) is 18.6 Å². The fourth-order valence-corrected chi connectivity index (χ4v) is 2.37. The quantitative estimate of drug-likeness (QED) is 0.799. The number of thiophene rings is 1.